The van der Waals surface area contributed by atoms with Gasteiger partial charge in [0.1, 0.15) is 12.4 Å². The van der Waals surface area contributed by atoms with Crippen LogP contribution in [0.15, 0.2) is 18.2 Å². The van der Waals surface area contributed by atoms with Gasteiger partial charge in [0.15, 0.2) is 0 Å². The van der Waals surface area contributed by atoms with Gasteiger partial charge in [0.2, 0.25) is 5.75 Å². The van der Waals surface area contributed by atoms with Crippen LogP contribution in [0.5, 0.6) is 11.5 Å². The molecule has 0 aromatic heterocycles. The highest BCUT2D eigenvalue weighted by Crippen LogP contribution is 2.30. The predicted molar refractivity (Wildman–Crippen MR) is 54.2 cm³/mol. The number of hydrogen-bond acceptors (Lipinski definition) is 5. The molecule has 82 valence electrons. The molecule has 0 amide bonds. The molecule has 0 aliphatic rings. The molecule has 1 aromatic carbocycles. The van der Waals surface area contributed by atoms with Crippen molar-refractivity contribution in [2.45, 2.75) is 0 Å². The molecule has 0 saturated heterocycles. The van der Waals surface area contributed by atoms with E-state index in [-0.39, 0.29) is 18.0 Å². The van der Waals surface area contributed by atoms with E-state index in [1.807, 2.05) is 0 Å². The van der Waals surface area contributed by atoms with Gasteiger partial charge in [0.05, 0.1) is 12.0 Å². The van der Waals surface area contributed by atoms with Gasteiger partial charge >= 0.3 is 5.69 Å². The lowest BCUT2D eigenvalue weighted by molar-refractivity contribution is -0.385. The first-order chi connectivity index (χ1) is 7.19. The first-order valence-electron chi connectivity index (χ1n) is 4.34. The fourth-order valence-corrected chi connectivity index (χ4v) is 1.06. The molecule has 6 heteroatoms. The van der Waals surface area contributed by atoms with Crippen LogP contribution in [0, 0.1) is 10.1 Å². The number of methoxy groups -OCH3 is 1. The zero-order chi connectivity index (χ0) is 11.3. The first kappa shape index (κ1) is 11.3. The van der Waals surface area contributed by atoms with E-state index < -0.39 is 4.92 Å². The van der Waals surface area contributed by atoms with Crippen LogP contribution < -0.4 is 15.2 Å². The summed E-state index contributed by atoms with van der Waals surface area (Å²) >= 11 is 0. The highest BCUT2D eigenvalue weighted by molar-refractivity contribution is 5.50. The summed E-state index contributed by atoms with van der Waals surface area (Å²) < 4.78 is 10.1. The third-order valence-corrected chi connectivity index (χ3v) is 1.74. The van der Waals surface area contributed by atoms with Crippen LogP contribution >= 0.6 is 0 Å². The molecule has 0 spiro atoms. The van der Waals surface area contributed by atoms with Crippen molar-refractivity contribution in [3.63, 3.8) is 0 Å². The lowest BCUT2D eigenvalue weighted by Crippen LogP contribution is -2.11. The lowest BCUT2D eigenvalue weighted by atomic mass is 10.3. The Morgan fingerprint density at radius 3 is 2.80 bits per heavy atom. The van der Waals surface area contributed by atoms with Crippen molar-refractivity contribution in [1.29, 1.82) is 0 Å². The zero-order valence-corrected chi connectivity index (χ0v) is 8.30. The fourth-order valence-electron chi connectivity index (χ4n) is 1.06. The van der Waals surface area contributed by atoms with Gasteiger partial charge in [-0.2, -0.15) is 0 Å². The topological polar surface area (TPSA) is 87.6 Å². The van der Waals surface area contributed by atoms with Gasteiger partial charge in [0, 0.05) is 18.7 Å². The van der Waals surface area contributed by atoms with Crippen molar-refractivity contribution in [3.8, 4) is 11.5 Å². The molecule has 0 radical (unpaired) electrons. The highest BCUT2D eigenvalue weighted by atomic mass is 16.6. The second kappa shape index (κ2) is 5.16. The van der Waals surface area contributed by atoms with Crippen LogP contribution in [0.1, 0.15) is 0 Å². The minimum Gasteiger partial charge on any atom is -0.497 e. The monoisotopic (exact) mass is 212 g/mol. The molecule has 0 unspecified atom stereocenters. The van der Waals surface area contributed by atoms with E-state index in [0.29, 0.717) is 12.3 Å². The zero-order valence-electron chi connectivity index (χ0n) is 8.30. The van der Waals surface area contributed by atoms with E-state index in [4.69, 9.17) is 15.2 Å². The Kier molecular flexibility index (Phi) is 3.87. The number of nitro groups is 1. The van der Waals surface area contributed by atoms with Gasteiger partial charge in [-0.05, 0) is 6.07 Å². The van der Waals surface area contributed by atoms with Gasteiger partial charge in [-0.25, -0.2) is 0 Å². The maximum atomic E-state index is 10.6. The minimum atomic E-state index is -0.509. The third kappa shape index (κ3) is 2.81. The van der Waals surface area contributed by atoms with Gasteiger partial charge in [-0.1, -0.05) is 0 Å². The van der Waals surface area contributed by atoms with Crippen molar-refractivity contribution in [2.24, 2.45) is 5.73 Å². The van der Waals surface area contributed by atoms with Crippen LogP contribution in [-0.2, 0) is 0 Å². The smallest absolute Gasteiger partial charge is 0.311 e. The van der Waals surface area contributed by atoms with Gasteiger partial charge < -0.3 is 15.2 Å². The Morgan fingerprint density at radius 2 is 2.27 bits per heavy atom. The van der Waals surface area contributed by atoms with Crippen LogP contribution in [-0.4, -0.2) is 25.2 Å². The van der Waals surface area contributed by atoms with Crippen LogP contribution in [0.4, 0.5) is 5.69 Å². The third-order valence-electron chi connectivity index (χ3n) is 1.74. The molecule has 15 heavy (non-hydrogen) atoms. The van der Waals surface area contributed by atoms with Crippen LogP contribution in [0.3, 0.4) is 0 Å². The Morgan fingerprint density at radius 1 is 1.53 bits per heavy atom. The molecular weight excluding hydrogens is 200 g/mol. The maximum Gasteiger partial charge on any atom is 0.311 e. The summed E-state index contributed by atoms with van der Waals surface area (Å²) in [5, 5.41) is 10.6. The maximum absolute atomic E-state index is 10.6. The van der Waals surface area contributed by atoms with E-state index in [1.54, 1.807) is 0 Å². The quantitative estimate of drug-likeness (QED) is 0.579. The van der Waals surface area contributed by atoms with Crippen molar-refractivity contribution >= 4 is 5.69 Å². The van der Waals surface area contributed by atoms with E-state index in [9.17, 15) is 10.1 Å². The molecule has 1 aromatic rings. The van der Waals surface area contributed by atoms with Crippen molar-refractivity contribution in [2.75, 3.05) is 20.3 Å². The summed E-state index contributed by atoms with van der Waals surface area (Å²) in [7, 11) is 1.48. The van der Waals surface area contributed by atoms with Crippen LogP contribution in [0.25, 0.3) is 0 Å². The summed E-state index contributed by atoms with van der Waals surface area (Å²) in [4.78, 5) is 10.1. The average Bonchev–Trinajstić information content (AvgIpc) is 2.25. The Labute approximate surface area is 86.7 Å². The standard InChI is InChI=1S/C9H12N2O4/c1-14-7-2-3-8(11(12)13)9(6-7)15-5-4-10/h2-3,6H,4-5,10H2,1H3. The fraction of sp³-hybridized carbons (Fsp3) is 0.333. The largest absolute Gasteiger partial charge is 0.497 e. The number of rotatable bonds is 5. The second-order valence-electron chi connectivity index (χ2n) is 2.73. The van der Waals surface area contributed by atoms with Crippen molar-refractivity contribution in [1.82, 2.24) is 0 Å². The van der Waals surface area contributed by atoms with E-state index in [2.05, 4.69) is 0 Å². The highest BCUT2D eigenvalue weighted by Gasteiger charge is 2.15. The Bertz CT molecular complexity index is 354. The average molecular weight is 212 g/mol. The van der Waals surface area contributed by atoms with Gasteiger partial charge in [0.25, 0.3) is 0 Å². The van der Waals surface area contributed by atoms with E-state index in [0.717, 1.165) is 0 Å². The molecule has 0 heterocycles. The van der Waals surface area contributed by atoms with Crippen LogP contribution in [0.2, 0.25) is 0 Å². The summed E-state index contributed by atoms with van der Waals surface area (Å²) in [6.07, 6.45) is 0. The van der Waals surface area contributed by atoms with E-state index in [1.165, 1.54) is 25.3 Å². The Balaban J connectivity index is 2.99. The normalized spacial score (nSPS) is 9.73. The minimum absolute atomic E-state index is 0.0933. The summed E-state index contributed by atoms with van der Waals surface area (Å²) in [6, 6.07) is 4.31. The molecule has 0 aliphatic heterocycles. The SMILES string of the molecule is COc1ccc([N+](=O)[O-])c(OCCN)c1. The first-order valence-corrected chi connectivity index (χ1v) is 4.34. The summed E-state index contributed by atoms with van der Waals surface area (Å²) in [6.45, 7) is 0.530. The molecule has 0 aliphatic carbocycles. The van der Waals surface area contributed by atoms with Gasteiger partial charge in [-0.3, -0.25) is 10.1 Å². The molecule has 0 bridgehead atoms. The molecule has 0 saturated carbocycles. The second-order valence-corrected chi connectivity index (χ2v) is 2.73. The molecule has 1 rings (SSSR count). The van der Waals surface area contributed by atoms with Gasteiger partial charge in [-0.15, -0.1) is 0 Å². The lowest BCUT2D eigenvalue weighted by Gasteiger charge is -2.06. The molecule has 0 fully saturated rings. The summed E-state index contributed by atoms with van der Waals surface area (Å²) in [5.74, 6) is 0.678. The molecule has 2 N–H and O–H groups in total. The molecular formula is C9H12N2O4. The number of hydrogen-bond donors (Lipinski definition) is 1. The van der Waals surface area contributed by atoms with E-state index >= 15 is 0 Å². The molecule has 6 nitrogen and oxygen atoms in total. The number of nitro benzene ring substituents is 1. The van der Waals surface area contributed by atoms with Crippen molar-refractivity contribution in [3.05, 3.63) is 28.3 Å². The number of benzene rings is 1. The number of nitrogens with two attached hydrogens (primary N) is 1. The number of nitrogens with zero attached hydrogens (tertiary/aromatic N) is 1. The summed E-state index contributed by atoms with van der Waals surface area (Å²) in [5.41, 5.74) is 5.15. The Hall–Kier alpha value is -1.82. The molecule has 0 atom stereocenters. The predicted octanol–water partition coefficient (Wildman–Crippen LogP) is 0.941. The number of ether oxygens (including phenoxy) is 2. The van der Waals surface area contributed by atoms with Crippen molar-refractivity contribution < 1.29 is 14.4 Å².